The summed E-state index contributed by atoms with van der Waals surface area (Å²) >= 11 is 0. The molecule has 0 radical (unpaired) electrons. The number of rotatable bonds is 6. The second-order valence-corrected chi connectivity index (χ2v) is 2.60. The molecule has 0 unspecified atom stereocenters. The highest BCUT2D eigenvalue weighted by molar-refractivity contribution is 5.39. The van der Waals surface area contributed by atoms with Crippen molar-refractivity contribution >= 4 is 5.69 Å². The lowest BCUT2D eigenvalue weighted by molar-refractivity contribution is 0.0896. The summed E-state index contributed by atoms with van der Waals surface area (Å²) in [6.07, 6.45) is 3.10. The molecule has 78 valence electrons. The Morgan fingerprint density at radius 3 is 2.86 bits per heavy atom. The minimum atomic E-state index is -0.472. The fraction of sp³-hybridized carbons (Fsp3) is 0.444. The lowest BCUT2D eigenvalue weighted by Crippen LogP contribution is -2.08. The number of anilines is 1. The number of pyridine rings is 1. The van der Waals surface area contributed by atoms with Crippen LogP contribution in [0, 0.1) is 0 Å². The first-order valence-electron chi connectivity index (χ1n) is 4.30. The second kappa shape index (κ2) is 6.15. The van der Waals surface area contributed by atoms with E-state index in [1.165, 1.54) is 6.20 Å². The van der Waals surface area contributed by atoms with Gasteiger partial charge in [0.15, 0.2) is 0 Å². The van der Waals surface area contributed by atoms with Gasteiger partial charge in [0.1, 0.15) is 19.0 Å². The molecule has 14 heavy (non-hydrogen) atoms. The summed E-state index contributed by atoms with van der Waals surface area (Å²) in [4.78, 5) is 3.85. The summed E-state index contributed by atoms with van der Waals surface area (Å²) in [7, 11) is 0. The van der Waals surface area contributed by atoms with E-state index in [-0.39, 0.29) is 6.61 Å². The molecule has 0 aromatic carbocycles. The Bertz CT molecular complexity index is 271. The van der Waals surface area contributed by atoms with E-state index in [2.05, 4.69) is 4.98 Å². The van der Waals surface area contributed by atoms with E-state index in [9.17, 15) is 4.39 Å². The van der Waals surface area contributed by atoms with Gasteiger partial charge in [0.2, 0.25) is 0 Å². The van der Waals surface area contributed by atoms with Crippen LogP contribution in [0.25, 0.3) is 0 Å². The average molecular weight is 200 g/mol. The third-order valence-corrected chi connectivity index (χ3v) is 1.45. The van der Waals surface area contributed by atoms with E-state index in [0.717, 1.165) is 0 Å². The SMILES string of the molecule is Nc1cncc(OCCOCCF)c1. The molecule has 0 bridgehead atoms. The summed E-state index contributed by atoms with van der Waals surface area (Å²) in [5.41, 5.74) is 6.04. The van der Waals surface area contributed by atoms with Crippen molar-refractivity contribution in [3.8, 4) is 5.75 Å². The largest absolute Gasteiger partial charge is 0.489 e. The predicted octanol–water partition coefficient (Wildman–Crippen LogP) is 1.03. The van der Waals surface area contributed by atoms with Crippen LogP contribution in [0.4, 0.5) is 10.1 Å². The van der Waals surface area contributed by atoms with Crippen LogP contribution in [-0.2, 0) is 4.74 Å². The average Bonchev–Trinajstić information content (AvgIpc) is 2.18. The quantitative estimate of drug-likeness (QED) is 0.697. The van der Waals surface area contributed by atoms with Crippen molar-refractivity contribution in [2.75, 3.05) is 32.2 Å². The number of nitrogens with two attached hydrogens (primary N) is 1. The third-order valence-electron chi connectivity index (χ3n) is 1.45. The molecule has 0 amide bonds. The van der Waals surface area contributed by atoms with E-state index in [1.807, 2.05) is 0 Å². The fourth-order valence-corrected chi connectivity index (χ4v) is 0.890. The van der Waals surface area contributed by atoms with Gasteiger partial charge in [-0.05, 0) is 0 Å². The molecule has 0 saturated heterocycles. The van der Waals surface area contributed by atoms with E-state index < -0.39 is 6.67 Å². The summed E-state index contributed by atoms with van der Waals surface area (Å²) in [5, 5.41) is 0. The maximum absolute atomic E-state index is 11.6. The molecule has 0 aliphatic carbocycles. The number of nitrogen functional groups attached to an aromatic ring is 1. The highest BCUT2D eigenvalue weighted by atomic mass is 19.1. The maximum atomic E-state index is 11.6. The molecule has 1 heterocycles. The van der Waals surface area contributed by atoms with Gasteiger partial charge in [-0.15, -0.1) is 0 Å². The van der Waals surface area contributed by atoms with Gasteiger partial charge in [-0.2, -0.15) is 0 Å². The van der Waals surface area contributed by atoms with Crippen molar-refractivity contribution < 1.29 is 13.9 Å². The van der Waals surface area contributed by atoms with Crippen LogP contribution in [0.5, 0.6) is 5.75 Å². The normalized spacial score (nSPS) is 10.1. The molecule has 2 N–H and O–H groups in total. The Balaban J connectivity index is 2.18. The van der Waals surface area contributed by atoms with Crippen LogP contribution < -0.4 is 10.5 Å². The van der Waals surface area contributed by atoms with Crippen molar-refractivity contribution in [2.45, 2.75) is 0 Å². The van der Waals surface area contributed by atoms with E-state index in [4.69, 9.17) is 15.2 Å². The zero-order valence-electron chi connectivity index (χ0n) is 7.78. The summed E-state index contributed by atoms with van der Waals surface area (Å²) in [5.74, 6) is 0.592. The Labute approximate surface area is 81.8 Å². The van der Waals surface area contributed by atoms with Gasteiger partial charge in [0.25, 0.3) is 0 Å². The Morgan fingerprint density at radius 2 is 2.14 bits per heavy atom. The molecule has 0 aliphatic rings. The molecular formula is C9H13FN2O2. The summed E-state index contributed by atoms with van der Waals surface area (Å²) in [6.45, 7) is 0.363. The van der Waals surface area contributed by atoms with Crippen molar-refractivity contribution in [2.24, 2.45) is 0 Å². The van der Waals surface area contributed by atoms with Gasteiger partial charge in [-0.3, -0.25) is 4.98 Å². The molecule has 0 saturated carbocycles. The molecule has 4 nitrogen and oxygen atoms in total. The first kappa shape index (κ1) is 10.7. The number of alkyl halides is 1. The van der Waals surface area contributed by atoms with E-state index >= 15 is 0 Å². The molecule has 1 aromatic rings. The Kier molecular flexibility index (Phi) is 4.71. The van der Waals surface area contributed by atoms with E-state index in [0.29, 0.717) is 24.7 Å². The topological polar surface area (TPSA) is 57.4 Å². The number of hydrogen-bond donors (Lipinski definition) is 1. The number of hydrogen-bond acceptors (Lipinski definition) is 4. The molecule has 0 spiro atoms. The highest BCUT2D eigenvalue weighted by Crippen LogP contribution is 2.11. The van der Waals surface area contributed by atoms with Crippen molar-refractivity contribution in [1.82, 2.24) is 4.98 Å². The second-order valence-electron chi connectivity index (χ2n) is 2.60. The van der Waals surface area contributed by atoms with Crippen LogP contribution in [0.15, 0.2) is 18.5 Å². The smallest absolute Gasteiger partial charge is 0.139 e. The zero-order chi connectivity index (χ0) is 10.2. The van der Waals surface area contributed by atoms with Crippen LogP contribution in [0.1, 0.15) is 0 Å². The van der Waals surface area contributed by atoms with Gasteiger partial charge in [0.05, 0.1) is 31.3 Å². The number of aromatic nitrogens is 1. The summed E-state index contributed by atoms with van der Waals surface area (Å²) < 4.78 is 21.7. The fourth-order valence-electron chi connectivity index (χ4n) is 0.890. The molecule has 1 rings (SSSR count). The zero-order valence-corrected chi connectivity index (χ0v) is 7.78. The maximum Gasteiger partial charge on any atom is 0.139 e. The van der Waals surface area contributed by atoms with Crippen LogP contribution in [-0.4, -0.2) is 31.5 Å². The standard InChI is InChI=1S/C9H13FN2O2/c10-1-2-13-3-4-14-9-5-8(11)6-12-7-9/h5-7H,1-4,11H2. The molecular weight excluding hydrogens is 187 g/mol. The van der Waals surface area contributed by atoms with Gasteiger partial charge >= 0.3 is 0 Å². The van der Waals surface area contributed by atoms with Crippen LogP contribution in [0.2, 0.25) is 0 Å². The lowest BCUT2D eigenvalue weighted by atomic mass is 10.4. The molecule has 5 heteroatoms. The first-order valence-corrected chi connectivity index (χ1v) is 4.30. The van der Waals surface area contributed by atoms with Gasteiger partial charge in [0, 0.05) is 6.07 Å². The summed E-state index contributed by atoms with van der Waals surface area (Å²) in [6, 6.07) is 1.67. The molecule has 0 fully saturated rings. The van der Waals surface area contributed by atoms with Crippen LogP contribution >= 0.6 is 0 Å². The van der Waals surface area contributed by atoms with Gasteiger partial charge in [-0.25, -0.2) is 4.39 Å². The van der Waals surface area contributed by atoms with Crippen molar-refractivity contribution in [3.63, 3.8) is 0 Å². The van der Waals surface area contributed by atoms with E-state index in [1.54, 1.807) is 12.3 Å². The van der Waals surface area contributed by atoms with Gasteiger partial charge in [-0.1, -0.05) is 0 Å². The number of halogens is 1. The molecule has 0 atom stereocenters. The molecule has 0 aliphatic heterocycles. The highest BCUT2D eigenvalue weighted by Gasteiger charge is 1.94. The number of ether oxygens (including phenoxy) is 2. The number of nitrogens with zero attached hydrogens (tertiary/aromatic N) is 1. The Hall–Kier alpha value is -1.36. The van der Waals surface area contributed by atoms with Crippen molar-refractivity contribution in [3.05, 3.63) is 18.5 Å². The first-order chi connectivity index (χ1) is 6.83. The van der Waals surface area contributed by atoms with Gasteiger partial charge < -0.3 is 15.2 Å². The monoisotopic (exact) mass is 200 g/mol. The minimum absolute atomic E-state index is 0.110. The Morgan fingerprint density at radius 1 is 1.29 bits per heavy atom. The molecule has 1 aromatic heterocycles. The van der Waals surface area contributed by atoms with Crippen LogP contribution in [0.3, 0.4) is 0 Å². The lowest BCUT2D eigenvalue weighted by Gasteiger charge is -2.05. The van der Waals surface area contributed by atoms with Crippen molar-refractivity contribution in [1.29, 1.82) is 0 Å². The third kappa shape index (κ3) is 4.04. The minimum Gasteiger partial charge on any atom is -0.489 e. The predicted molar refractivity (Wildman–Crippen MR) is 50.9 cm³/mol.